The fourth-order valence-electron chi connectivity index (χ4n) is 3.89. The largest absolute Gasteiger partial charge is 0.466 e. The Morgan fingerprint density at radius 2 is 2.03 bits per heavy atom. The molecule has 1 amide bonds. The normalized spacial score (nSPS) is 19.9. The number of nitrogens with one attached hydrogen (secondary N) is 1. The van der Waals surface area contributed by atoms with E-state index in [1.54, 1.807) is 19.1 Å². The van der Waals surface area contributed by atoms with E-state index in [0.717, 1.165) is 25.7 Å². The van der Waals surface area contributed by atoms with Crippen LogP contribution in [0.1, 0.15) is 65.5 Å². The summed E-state index contributed by atoms with van der Waals surface area (Å²) in [6, 6.07) is 3.39. The third-order valence-corrected chi connectivity index (χ3v) is 6.02. The van der Waals surface area contributed by atoms with Crippen LogP contribution in [0, 0.1) is 17.2 Å². The monoisotopic (exact) mass is 403 g/mol. The molecule has 1 aromatic carbocycles. The van der Waals surface area contributed by atoms with Crippen molar-refractivity contribution in [2.75, 3.05) is 11.9 Å². The summed E-state index contributed by atoms with van der Waals surface area (Å²) >= 11 is 0. The van der Waals surface area contributed by atoms with Crippen LogP contribution < -0.4 is 5.32 Å². The van der Waals surface area contributed by atoms with E-state index in [2.05, 4.69) is 24.1 Å². The van der Waals surface area contributed by atoms with Crippen LogP contribution in [0.4, 0.5) is 10.3 Å². The van der Waals surface area contributed by atoms with E-state index in [0.29, 0.717) is 17.0 Å². The number of hydrogen-bond donors (Lipinski definition) is 1. The predicted molar refractivity (Wildman–Crippen MR) is 110 cm³/mol. The van der Waals surface area contributed by atoms with Crippen LogP contribution in [0.25, 0.3) is 11.0 Å². The number of rotatable bonds is 6. The number of imidazole rings is 1. The van der Waals surface area contributed by atoms with E-state index in [4.69, 9.17) is 4.74 Å². The molecule has 0 spiro atoms. The van der Waals surface area contributed by atoms with Crippen LogP contribution >= 0.6 is 0 Å². The molecule has 2 saturated carbocycles. The van der Waals surface area contributed by atoms with Gasteiger partial charge in [-0.05, 0) is 44.1 Å². The summed E-state index contributed by atoms with van der Waals surface area (Å²) < 4.78 is 22.1. The first-order valence-electron chi connectivity index (χ1n) is 9.97. The number of halogens is 1. The third-order valence-electron chi connectivity index (χ3n) is 6.02. The van der Waals surface area contributed by atoms with Crippen LogP contribution in [-0.4, -0.2) is 28.0 Å². The van der Waals surface area contributed by atoms with Crippen molar-refractivity contribution in [1.82, 2.24) is 9.55 Å². The minimum atomic E-state index is -0.461. The van der Waals surface area contributed by atoms with Gasteiger partial charge in [-0.25, -0.2) is 9.37 Å². The molecule has 1 aromatic heterocycles. The van der Waals surface area contributed by atoms with Gasteiger partial charge >= 0.3 is 5.97 Å². The molecule has 0 radical (unpaired) electrons. The number of amides is 1. The van der Waals surface area contributed by atoms with Crippen LogP contribution in [0.5, 0.6) is 0 Å². The van der Waals surface area contributed by atoms with Gasteiger partial charge in [0.15, 0.2) is 5.82 Å². The highest BCUT2D eigenvalue weighted by Crippen LogP contribution is 2.52. The molecule has 1 N–H and O–H groups in total. The predicted octanol–water partition coefficient (Wildman–Crippen LogP) is 4.63. The number of carbonyl (C=O) groups excluding carboxylic acids is 2. The summed E-state index contributed by atoms with van der Waals surface area (Å²) in [5.41, 5.74) is 1.14. The highest BCUT2D eigenvalue weighted by Gasteiger charge is 2.50. The molecule has 158 valence electrons. The molecule has 7 heteroatoms. The fourth-order valence-corrected chi connectivity index (χ4v) is 3.89. The lowest BCUT2D eigenvalue weighted by molar-refractivity contribution is -0.142. The quantitative estimate of drug-likeness (QED) is 0.714. The SMILES string of the molecule is C.CCOC(=O)Cc1ccc2nc(NC(=O)[C@H]3CC3(C)C)n(C3CCC3)c2c1F. The molecule has 0 bridgehead atoms. The first-order chi connectivity index (χ1) is 13.3. The number of nitrogens with zero attached hydrogens (tertiary/aromatic N) is 2. The van der Waals surface area contributed by atoms with Gasteiger partial charge in [-0.1, -0.05) is 27.3 Å². The van der Waals surface area contributed by atoms with E-state index in [1.807, 2.05) is 4.57 Å². The molecule has 2 aromatic rings. The average Bonchev–Trinajstić information content (AvgIpc) is 3.08. The van der Waals surface area contributed by atoms with Crippen molar-refractivity contribution in [2.45, 2.75) is 66.3 Å². The molecule has 1 heterocycles. The summed E-state index contributed by atoms with van der Waals surface area (Å²) in [5, 5.41) is 2.93. The van der Waals surface area contributed by atoms with Crippen molar-refractivity contribution >= 4 is 28.9 Å². The van der Waals surface area contributed by atoms with Crippen LogP contribution in [-0.2, 0) is 20.7 Å². The van der Waals surface area contributed by atoms with Crippen LogP contribution in [0.2, 0.25) is 0 Å². The maximum absolute atomic E-state index is 15.3. The first kappa shape index (κ1) is 21.3. The molecule has 2 fully saturated rings. The van der Waals surface area contributed by atoms with E-state index in [-0.39, 0.29) is 49.3 Å². The van der Waals surface area contributed by atoms with E-state index < -0.39 is 11.8 Å². The number of anilines is 1. The zero-order valence-corrected chi connectivity index (χ0v) is 16.5. The Bertz CT molecular complexity index is 946. The zero-order chi connectivity index (χ0) is 20.1. The molecule has 6 nitrogen and oxygen atoms in total. The number of ether oxygens (including phenoxy) is 1. The Morgan fingerprint density at radius 3 is 2.59 bits per heavy atom. The lowest BCUT2D eigenvalue weighted by Crippen LogP contribution is -2.24. The van der Waals surface area contributed by atoms with Crippen LogP contribution in [0.3, 0.4) is 0 Å². The second-order valence-corrected chi connectivity index (χ2v) is 8.51. The molecule has 4 rings (SSSR count). The number of benzene rings is 1. The summed E-state index contributed by atoms with van der Waals surface area (Å²) in [4.78, 5) is 28.9. The van der Waals surface area contributed by atoms with E-state index in [9.17, 15) is 9.59 Å². The van der Waals surface area contributed by atoms with Gasteiger partial charge in [0.2, 0.25) is 11.9 Å². The molecular formula is C22H30FN3O3. The standard InChI is InChI=1S/C21H26FN3O3.CH4/c1-4-28-16(26)10-12-8-9-15-18(17(12)22)25(13-6-5-7-13)20(23-15)24-19(27)14-11-21(14,2)3;/h8-9,13-14H,4-7,10-11H2,1-3H3,(H,23,24,27);1H4/t14-;/m1./s1. The smallest absolute Gasteiger partial charge is 0.310 e. The van der Waals surface area contributed by atoms with Crippen molar-refractivity contribution in [3.05, 3.63) is 23.5 Å². The molecule has 29 heavy (non-hydrogen) atoms. The second-order valence-electron chi connectivity index (χ2n) is 8.51. The maximum atomic E-state index is 15.3. The second kappa shape index (κ2) is 7.76. The molecule has 0 unspecified atom stereocenters. The molecule has 0 aliphatic heterocycles. The van der Waals surface area contributed by atoms with Gasteiger partial charge in [-0.15, -0.1) is 0 Å². The summed E-state index contributed by atoms with van der Waals surface area (Å²) in [6.45, 7) is 6.11. The maximum Gasteiger partial charge on any atom is 0.310 e. The van der Waals surface area contributed by atoms with Crippen LogP contribution in [0.15, 0.2) is 12.1 Å². The van der Waals surface area contributed by atoms with Gasteiger partial charge in [0.1, 0.15) is 5.52 Å². The van der Waals surface area contributed by atoms with Crippen molar-refractivity contribution < 1.29 is 18.7 Å². The molecule has 0 saturated heterocycles. The van der Waals surface area contributed by atoms with Gasteiger partial charge in [-0.3, -0.25) is 14.9 Å². The third kappa shape index (κ3) is 3.87. The van der Waals surface area contributed by atoms with Crippen molar-refractivity contribution in [2.24, 2.45) is 11.3 Å². The average molecular weight is 403 g/mol. The summed E-state index contributed by atoms with van der Waals surface area (Å²) in [6.07, 6.45) is 3.64. The number of carbonyl (C=O) groups is 2. The van der Waals surface area contributed by atoms with E-state index in [1.165, 1.54) is 0 Å². The highest BCUT2D eigenvalue weighted by molar-refractivity contribution is 5.95. The number of fused-ring (bicyclic) bond motifs is 1. The number of aromatic nitrogens is 2. The number of esters is 1. The topological polar surface area (TPSA) is 73.2 Å². The molecule has 2 aliphatic carbocycles. The molecule has 1 atom stereocenters. The Balaban J connectivity index is 0.00000240. The van der Waals surface area contributed by atoms with Gasteiger partial charge < -0.3 is 9.30 Å². The fraction of sp³-hybridized carbons (Fsp3) is 0.591. The Morgan fingerprint density at radius 1 is 1.34 bits per heavy atom. The summed E-state index contributed by atoms with van der Waals surface area (Å²) in [5.74, 6) is -0.615. The van der Waals surface area contributed by atoms with Gasteiger partial charge in [0.05, 0.1) is 18.5 Å². The minimum Gasteiger partial charge on any atom is -0.466 e. The Hall–Kier alpha value is -2.44. The molecule has 2 aliphatic rings. The highest BCUT2D eigenvalue weighted by atomic mass is 19.1. The van der Waals surface area contributed by atoms with E-state index >= 15 is 4.39 Å². The first-order valence-corrected chi connectivity index (χ1v) is 9.97. The van der Waals surface area contributed by atoms with Crippen molar-refractivity contribution in [3.63, 3.8) is 0 Å². The van der Waals surface area contributed by atoms with Crippen molar-refractivity contribution in [3.8, 4) is 0 Å². The summed E-state index contributed by atoms with van der Waals surface area (Å²) in [7, 11) is 0. The molecular weight excluding hydrogens is 373 g/mol. The van der Waals surface area contributed by atoms with Crippen molar-refractivity contribution in [1.29, 1.82) is 0 Å². The lowest BCUT2D eigenvalue weighted by atomic mass is 9.92. The van der Waals surface area contributed by atoms with Gasteiger partial charge in [-0.2, -0.15) is 0 Å². The number of hydrogen-bond acceptors (Lipinski definition) is 4. The lowest BCUT2D eigenvalue weighted by Gasteiger charge is -2.29. The van der Waals surface area contributed by atoms with Gasteiger partial charge in [0.25, 0.3) is 0 Å². The zero-order valence-electron chi connectivity index (χ0n) is 16.5. The Kier molecular flexibility index (Phi) is 5.70. The minimum absolute atomic E-state index is 0. The van der Waals surface area contributed by atoms with Gasteiger partial charge in [0, 0.05) is 17.5 Å². The Labute approximate surface area is 170 Å².